The van der Waals surface area contributed by atoms with Crippen molar-refractivity contribution in [2.45, 2.75) is 24.3 Å². The molecule has 0 radical (unpaired) electrons. The first-order chi connectivity index (χ1) is 14.0. The van der Waals surface area contributed by atoms with Gasteiger partial charge in [0.2, 0.25) is 0 Å². The molecule has 0 aromatic heterocycles. The van der Waals surface area contributed by atoms with E-state index in [1.54, 1.807) is 50.2 Å². The molecule has 0 N–H and O–H groups in total. The highest BCUT2D eigenvalue weighted by Crippen LogP contribution is 2.44. The lowest BCUT2D eigenvalue weighted by Gasteiger charge is -2.21. The van der Waals surface area contributed by atoms with Crippen molar-refractivity contribution in [3.8, 4) is 5.75 Å². The third kappa shape index (κ3) is 4.38. The first-order valence-electron chi connectivity index (χ1n) is 9.11. The summed E-state index contributed by atoms with van der Waals surface area (Å²) in [7, 11) is -2.05. The van der Waals surface area contributed by atoms with Crippen molar-refractivity contribution in [2.24, 2.45) is 0 Å². The number of rotatable bonds is 6. The molecule has 0 bridgehead atoms. The normalized spacial score (nSPS) is 15.7. The first-order valence-corrected chi connectivity index (χ1v) is 11.0. The highest BCUT2D eigenvalue weighted by atomic mass is 32.2. The van der Waals surface area contributed by atoms with Crippen molar-refractivity contribution in [1.82, 2.24) is 0 Å². The second-order valence-corrected chi connectivity index (χ2v) is 9.35. The van der Waals surface area contributed by atoms with Crippen molar-refractivity contribution < 1.29 is 32.2 Å². The Bertz CT molecular complexity index is 1110. The zero-order valence-corrected chi connectivity index (χ0v) is 17.9. The Morgan fingerprint density at radius 3 is 2.10 bits per heavy atom. The number of cyclic esters (lactones) is 1. The summed E-state index contributed by atoms with van der Waals surface area (Å²) in [6.45, 7) is 3.35. The molecule has 158 valence electrons. The molecule has 1 aliphatic rings. The van der Waals surface area contributed by atoms with Gasteiger partial charge in [-0.25, -0.2) is 18.0 Å². The Labute approximate surface area is 175 Å². The van der Waals surface area contributed by atoms with E-state index in [1.165, 1.54) is 19.2 Å². The number of carbonyl (C=O) groups is 2. The van der Waals surface area contributed by atoms with Gasteiger partial charge in [-0.1, -0.05) is 24.3 Å². The smallest absolute Gasteiger partial charge is 0.343 e. The quantitative estimate of drug-likeness (QED) is 0.650. The number of methoxy groups -OCH3 is 1. The van der Waals surface area contributed by atoms with Crippen molar-refractivity contribution in [2.75, 3.05) is 20.0 Å². The maximum Gasteiger partial charge on any atom is 0.343 e. The molecule has 30 heavy (non-hydrogen) atoms. The number of hydrogen-bond donors (Lipinski definition) is 0. The highest BCUT2D eigenvalue weighted by Gasteiger charge is 2.41. The number of hydrogen-bond acceptors (Lipinski definition) is 7. The lowest BCUT2D eigenvalue weighted by Crippen LogP contribution is -2.22. The van der Waals surface area contributed by atoms with E-state index in [-0.39, 0.29) is 11.5 Å². The van der Waals surface area contributed by atoms with Crippen LogP contribution in [0.1, 0.15) is 25.0 Å². The molecule has 0 unspecified atom stereocenters. The fraction of sp³-hybridized carbons (Fsp3) is 0.273. The molecule has 0 saturated heterocycles. The van der Waals surface area contributed by atoms with Crippen LogP contribution in [-0.2, 0) is 28.9 Å². The summed E-state index contributed by atoms with van der Waals surface area (Å²) in [4.78, 5) is 24.1. The zero-order valence-electron chi connectivity index (χ0n) is 17.1. The number of esters is 2. The summed E-state index contributed by atoms with van der Waals surface area (Å²) in [5, 5.41) is 0. The maximum absolute atomic E-state index is 12.7. The van der Waals surface area contributed by atoms with E-state index < -0.39 is 27.4 Å². The summed E-state index contributed by atoms with van der Waals surface area (Å²) in [6, 6.07) is 13.1. The molecule has 2 aromatic carbocycles. The minimum Gasteiger partial charge on any atom is -0.482 e. The van der Waals surface area contributed by atoms with E-state index in [9.17, 15) is 18.0 Å². The summed E-state index contributed by atoms with van der Waals surface area (Å²) in [6.07, 6.45) is 1.14. The van der Waals surface area contributed by atoms with E-state index in [0.29, 0.717) is 28.0 Å². The molecule has 0 atom stereocenters. The van der Waals surface area contributed by atoms with Crippen molar-refractivity contribution in [3.05, 3.63) is 59.7 Å². The van der Waals surface area contributed by atoms with E-state index in [1.807, 2.05) is 0 Å². The number of benzene rings is 2. The van der Waals surface area contributed by atoms with Gasteiger partial charge in [-0.15, -0.1) is 0 Å². The predicted octanol–water partition coefficient (Wildman–Crippen LogP) is 2.89. The van der Waals surface area contributed by atoms with Crippen LogP contribution in [0.4, 0.5) is 0 Å². The third-order valence-electron chi connectivity index (χ3n) is 4.70. The Hall–Kier alpha value is -3.13. The summed E-state index contributed by atoms with van der Waals surface area (Å²) >= 11 is 0. The van der Waals surface area contributed by atoms with Gasteiger partial charge in [0.1, 0.15) is 11.4 Å². The Morgan fingerprint density at radius 1 is 1.00 bits per heavy atom. The fourth-order valence-electron chi connectivity index (χ4n) is 3.28. The van der Waals surface area contributed by atoms with Crippen LogP contribution in [-0.4, -0.2) is 45.9 Å². The first kappa shape index (κ1) is 21.6. The summed E-state index contributed by atoms with van der Waals surface area (Å²) < 4.78 is 38.9. The van der Waals surface area contributed by atoms with Gasteiger partial charge in [-0.05, 0) is 49.2 Å². The molecule has 0 saturated carbocycles. The molecule has 8 heteroatoms. The summed E-state index contributed by atoms with van der Waals surface area (Å²) in [5.41, 5.74) is 1.49. The molecule has 7 nitrogen and oxygen atoms in total. The summed E-state index contributed by atoms with van der Waals surface area (Å²) in [5.74, 6) is -0.511. The van der Waals surface area contributed by atoms with Gasteiger partial charge in [-0.2, -0.15) is 0 Å². The monoisotopic (exact) mass is 430 g/mol. The Morgan fingerprint density at radius 2 is 1.57 bits per heavy atom. The third-order valence-corrected chi connectivity index (χ3v) is 5.83. The van der Waals surface area contributed by atoms with Crippen molar-refractivity contribution in [3.63, 3.8) is 0 Å². The number of sulfone groups is 1. The van der Waals surface area contributed by atoms with E-state index >= 15 is 0 Å². The topological polar surface area (TPSA) is 96.0 Å². The molecular weight excluding hydrogens is 408 g/mol. The molecule has 0 aliphatic carbocycles. The molecule has 1 heterocycles. The lowest BCUT2D eigenvalue weighted by atomic mass is 9.87. The van der Waals surface area contributed by atoms with E-state index in [0.717, 1.165) is 6.26 Å². The van der Waals surface area contributed by atoms with Crippen LogP contribution >= 0.6 is 0 Å². The average Bonchev–Trinajstić information content (AvgIpc) is 2.94. The van der Waals surface area contributed by atoms with Gasteiger partial charge < -0.3 is 14.2 Å². The van der Waals surface area contributed by atoms with Crippen molar-refractivity contribution >= 4 is 32.9 Å². The van der Waals surface area contributed by atoms with E-state index in [4.69, 9.17) is 9.47 Å². The van der Waals surface area contributed by atoms with Gasteiger partial charge in [0, 0.05) is 11.8 Å². The molecule has 0 fully saturated rings. The molecule has 2 aromatic rings. The van der Waals surface area contributed by atoms with Crippen LogP contribution in [0.3, 0.4) is 0 Å². The average molecular weight is 430 g/mol. The van der Waals surface area contributed by atoms with Gasteiger partial charge in [-0.3, -0.25) is 0 Å². The molecule has 0 spiro atoms. The van der Waals surface area contributed by atoms with Crippen LogP contribution in [0.15, 0.2) is 53.4 Å². The lowest BCUT2D eigenvalue weighted by molar-refractivity contribution is -0.143. The van der Waals surface area contributed by atoms with E-state index in [2.05, 4.69) is 4.74 Å². The predicted molar refractivity (Wildman–Crippen MR) is 110 cm³/mol. The highest BCUT2D eigenvalue weighted by molar-refractivity contribution is 7.90. The van der Waals surface area contributed by atoms with Crippen LogP contribution in [0.25, 0.3) is 11.1 Å². The molecular formula is C22H22O7S. The maximum atomic E-state index is 12.7. The SMILES string of the molecule is COC(=O)COc1ccc(C2=C(c3ccc(S(C)(=O)=O)cc3)C(C)(C)OC2=O)cc1. The van der Waals surface area contributed by atoms with Gasteiger partial charge in [0.05, 0.1) is 17.6 Å². The van der Waals surface area contributed by atoms with Crippen molar-refractivity contribution in [1.29, 1.82) is 0 Å². The molecule has 3 rings (SSSR count). The van der Waals surface area contributed by atoms with Crippen LogP contribution in [0.5, 0.6) is 5.75 Å². The van der Waals surface area contributed by atoms with Gasteiger partial charge in [0.15, 0.2) is 16.4 Å². The van der Waals surface area contributed by atoms with Gasteiger partial charge >= 0.3 is 11.9 Å². The Balaban J connectivity index is 2.01. The second-order valence-electron chi connectivity index (χ2n) is 7.34. The zero-order chi connectivity index (χ0) is 22.1. The Kier molecular flexibility index (Phi) is 5.72. The standard InChI is InChI=1S/C22H22O7S/c1-22(2)20(15-7-11-17(12-8-15)30(4,25)26)19(21(24)29-22)14-5-9-16(10-6-14)28-13-18(23)27-3/h5-12H,13H2,1-4H3. The van der Waals surface area contributed by atoms with Crippen LogP contribution in [0.2, 0.25) is 0 Å². The second kappa shape index (κ2) is 7.95. The minimum absolute atomic E-state index is 0.198. The number of carbonyl (C=O) groups excluding carboxylic acids is 2. The van der Waals surface area contributed by atoms with Crippen LogP contribution in [0, 0.1) is 0 Å². The van der Waals surface area contributed by atoms with Gasteiger partial charge in [0.25, 0.3) is 0 Å². The van der Waals surface area contributed by atoms with Crippen LogP contribution < -0.4 is 4.74 Å². The number of ether oxygens (including phenoxy) is 3. The molecule has 0 amide bonds. The largest absolute Gasteiger partial charge is 0.482 e. The molecule has 1 aliphatic heterocycles. The fourth-order valence-corrected chi connectivity index (χ4v) is 3.91. The minimum atomic E-state index is -3.33.